The average Bonchev–Trinajstić information content (AvgIpc) is 2.77. The van der Waals surface area contributed by atoms with Gasteiger partial charge in [-0.3, -0.25) is 9.48 Å². The summed E-state index contributed by atoms with van der Waals surface area (Å²) in [5.74, 6) is 0.313. The monoisotopic (exact) mass is 271 g/mol. The minimum absolute atomic E-state index is 0.105. The van der Waals surface area contributed by atoms with Crippen LogP contribution in [-0.4, -0.2) is 15.7 Å². The number of carbonyl (C=O) groups excluding carboxylic acids is 1. The summed E-state index contributed by atoms with van der Waals surface area (Å²) >= 11 is 0. The Labute approximate surface area is 119 Å². The number of amides is 1. The van der Waals surface area contributed by atoms with Crippen molar-refractivity contribution in [2.45, 2.75) is 33.1 Å². The molecule has 20 heavy (non-hydrogen) atoms. The van der Waals surface area contributed by atoms with Crippen molar-refractivity contribution in [1.29, 1.82) is 0 Å². The molecule has 1 aromatic carbocycles. The fourth-order valence-corrected chi connectivity index (χ4v) is 2.27. The highest BCUT2D eigenvalue weighted by atomic mass is 16.1. The summed E-state index contributed by atoms with van der Waals surface area (Å²) in [6.45, 7) is 6.16. The zero-order valence-electron chi connectivity index (χ0n) is 12.5. The molecule has 1 amide bonds. The Morgan fingerprint density at radius 1 is 1.40 bits per heavy atom. The van der Waals surface area contributed by atoms with Crippen LogP contribution < -0.4 is 5.32 Å². The van der Waals surface area contributed by atoms with E-state index in [-0.39, 0.29) is 5.91 Å². The molecule has 0 aliphatic rings. The van der Waals surface area contributed by atoms with Gasteiger partial charge in [0.25, 0.3) is 5.91 Å². The number of hydrogen-bond donors (Lipinski definition) is 1. The van der Waals surface area contributed by atoms with E-state index in [1.165, 1.54) is 5.56 Å². The number of nitrogens with one attached hydrogen (secondary N) is 1. The smallest absolute Gasteiger partial charge is 0.259 e. The van der Waals surface area contributed by atoms with Crippen LogP contribution in [0.25, 0.3) is 0 Å². The van der Waals surface area contributed by atoms with Gasteiger partial charge in [0.2, 0.25) is 0 Å². The molecule has 0 saturated heterocycles. The van der Waals surface area contributed by atoms with Gasteiger partial charge >= 0.3 is 0 Å². The molecule has 1 aromatic heterocycles. The van der Waals surface area contributed by atoms with Gasteiger partial charge in [0.1, 0.15) is 0 Å². The predicted octanol–water partition coefficient (Wildman–Crippen LogP) is 3.49. The van der Waals surface area contributed by atoms with E-state index < -0.39 is 0 Å². The van der Waals surface area contributed by atoms with E-state index >= 15 is 0 Å². The topological polar surface area (TPSA) is 46.9 Å². The first kappa shape index (κ1) is 14.3. The maximum absolute atomic E-state index is 12.3. The maximum atomic E-state index is 12.3. The number of aromatic nitrogens is 2. The number of hydrogen-bond acceptors (Lipinski definition) is 2. The van der Waals surface area contributed by atoms with Crippen molar-refractivity contribution < 1.29 is 4.79 Å². The summed E-state index contributed by atoms with van der Waals surface area (Å²) < 4.78 is 1.66. The van der Waals surface area contributed by atoms with Crippen molar-refractivity contribution in [3.63, 3.8) is 0 Å². The predicted molar refractivity (Wildman–Crippen MR) is 81.0 cm³/mol. The number of anilines is 1. The van der Waals surface area contributed by atoms with Crippen LogP contribution in [0.3, 0.4) is 0 Å². The third-order valence-electron chi connectivity index (χ3n) is 3.61. The maximum Gasteiger partial charge on any atom is 0.259 e. The van der Waals surface area contributed by atoms with Gasteiger partial charge in [0.15, 0.2) is 0 Å². The highest BCUT2D eigenvalue weighted by Gasteiger charge is 2.15. The van der Waals surface area contributed by atoms with Crippen LogP contribution in [0.1, 0.15) is 47.8 Å². The molecule has 0 fully saturated rings. The number of benzene rings is 1. The quantitative estimate of drug-likeness (QED) is 0.925. The molecule has 0 saturated carbocycles. The summed E-state index contributed by atoms with van der Waals surface area (Å²) in [6, 6.07) is 7.97. The SMILES string of the molecule is CCC(C)c1ccccc1NC(=O)c1cn(C)nc1C. The Morgan fingerprint density at radius 3 is 2.70 bits per heavy atom. The van der Waals surface area contributed by atoms with Crippen LogP contribution in [-0.2, 0) is 7.05 Å². The van der Waals surface area contributed by atoms with Crippen LogP contribution in [0, 0.1) is 6.92 Å². The van der Waals surface area contributed by atoms with Crippen molar-refractivity contribution in [1.82, 2.24) is 9.78 Å². The lowest BCUT2D eigenvalue weighted by Gasteiger charge is -2.15. The molecule has 2 aromatic rings. The molecule has 0 spiro atoms. The molecule has 0 bridgehead atoms. The second kappa shape index (κ2) is 5.90. The van der Waals surface area contributed by atoms with E-state index in [2.05, 4.69) is 30.3 Å². The lowest BCUT2D eigenvalue weighted by Crippen LogP contribution is -2.14. The Hall–Kier alpha value is -2.10. The molecule has 0 radical (unpaired) electrons. The van der Waals surface area contributed by atoms with Crippen molar-refractivity contribution in [3.8, 4) is 0 Å². The van der Waals surface area contributed by atoms with E-state index in [4.69, 9.17) is 0 Å². The molecule has 2 rings (SSSR count). The van der Waals surface area contributed by atoms with Gasteiger partial charge in [-0.25, -0.2) is 0 Å². The average molecular weight is 271 g/mol. The van der Waals surface area contributed by atoms with Gasteiger partial charge in [-0.05, 0) is 30.9 Å². The van der Waals surface area contributed by atoms with Crippen LogP contribution in [0.4, 0.5) is 5.69 Å². The number of carbonyl (C=O) groups is 1. The van der Waals surface area contributed by atoms with Gasteiger partial charge in [0, 0.05) is 18.9 Å². The highest BCUT2D eigenvalue weighted by molar-refractivity contribution is 6.05. The minimum Gasteiger partial charge on any atom is -0.322 e. The lowest BCUT2D eigenvalue weighted by molar-refractivity contribution is 0.102. The number of aryl methyl sites for hydroxylation is 2. The fourth-order valence-electron chi connectivity index (χ4n) is 2.27. The van der Waals surface area contributed by atoms with Crippen molar-refractivity contribution in [2.24, 2.45) is 7.05 Å². The Bertz CT molecular complexity index is 616. The zero-order chi connectivity index (χ0) is 14.7. The molecule has 0 aliphatic carbocycles. The summed E-state index contributed by atoms with van der Waals surface area (Å²) in [5, 5.41) is 7.21. The third-order valence-corrected chi connectivity index (χ3v) is 3.61. The van der Waals surface area contributed by atoms with Crippen LogP contribution in [0.2, 0.25) is 0 Å². The minimum atomic E-state index is -0.105. The van der Waals surface area contributed by atoms with E-state index in [9.17, 15) is 4.79 Å². The van der Waals surface area contributed by atoms with Crippen molar-refractivity contribution >= 4 is 11.6 Å². The third kappa shape index (κ3) is 2.90. The van der Waals surface area contributed by atoms with Gasteiger partial charge in [-0.2, -0.15) is 5.10 Å². The van der Waals surface area contributed by atoms with Crippen molar-refractivity contribution in [2.75, 3.05) is 5.32 Å². The normalized spacial score (nSPS) is 12.2. The molecular formula is C16H21N3O. The van der Waals surface area contributed by atoms with E-state index in [0.717, 1.165) is 17.8 Å². The zero-order valence-corrected chi connectivity index (χ0v) is 12.5. The fraction of sp³-hybridized carbons (Fsp3) is 0.375. The lowest BCUT2D eigenvalue weighted by atomic mass is 9.97. The Morgan fingerprint density at radius 2 is 2.10 bits per heavy atom. The second-order valence-electron chi connectivity index (χ2n) is 5.15. The van der Waals surface area contributed by atoms with Crippen LogP contribution in [0.5, 0.6) is 0 Å². The Balaban J connectivity index is 2.26. The molecule has 106 valence electrons. The standard InChI is InChI=1S/C16H21N3O/c1-5-11(2)13-8-6-7-9-15(13)17-16(20)14-10-19(4)18-12(14)3/h6-11H,5H2,1-4H3,(H,17,20). The largest absolute Gasteiger partial charge is 0.322 e. The Kier molecular flexibility index (Phi) is 4.23. The van der Waals surface area contributed by atoms with E-state index in [1.807, 2.05) is 32.2 Å². The molecule has 1 heterocycles. The first-order chi connectivity index (χ1) is 9.52. The summed E-state index contributed by atoms with van der Waals surface area (Å²) in [4.78, 5) is 12.3. The molecule has 0 aliphatic heterocycles. The molecule has 1 N–H and O–H groups in total. The number of nitrogens with zero attached hydrogens (tertiary/aromatic N) is 2. The van der Waals surface area contributed by atoms with Gasteiger partial charge in [0.05, 0.1) is 11.3 Å². The van der Waals surface area contributed by atoms with Crippen LogP contribution >= 0.6 is 0 Å². The summed E-state index contributed by atoms with van der Waals surface area (Å²) in [6.07, 6.45) is 2.79. The molecule has 4 heteroatoms. The van der Waals surface area contributed by atoms with Gasteiger partial charge in [-0.1, -0.05) is 32.0 Å². The van der Waals surface area contributed by atoms with Gasteiger partial charge < -0.3 is 5.32 Å². The summed E-state index contributed by atoms with van der Waals surface area (Å²) in [5.41, 5.74) is 3.41. The molecule has 1 atom stereocenters. The number of para-hydroxylation sites is 1. The second-order valence-corrected chi connectivity index (χ2v) is 5.15. The van der Waals surface area contributed by atoms with Crippen molar-refractivity contribution in [3.05, 3.63) is 47.3 Å². The number of rotatable bonds is 4. The highest BCUT2D eigenvalue weighted by Crippen LogP contribution is 2.27. The van der Waals surface area contributed by atoms with E-state index in [1.54, 1.807) is 10.9 Å². The van der Waals surface area contributed by atoms with Crippen LogP contribution in [0.15, 0.2) is 30.5 Å². The first-order valence-corrected chi connectivity index (χ1v) is 6.93. The molecule has 4 nitrogen and oxygen atoms in total. The summed E-state index contributed by atoms with van der Waals surface area (Å²) in [7, 11) is 1.82. The van der Waals surface area contributed by atoms with E-state index in [0.29, 0.717) is 11.5 Å². The molecular weight excluding hydrogens is 250 g/mol. The van der Waals surface area contributed by atoms with Gasteiger partial charge in [-0.15, -0.1) is 0 Å². The molecule has 1 unspecified atom stereocenters. The first-order valence-electron chi connectivity index (χ1n) is 6.93.